The second kappa shape index (κ2) is 11.1. The molecule has 0 bridgehead atoms. The van der Waals surface area contributed by atoms with E-state index >= 15 is 0 Å². The van der Waals surface area contributed by atoms with Gasteiger partial charge >= 0.3 is 5.97 Å². The number of esters is 1. The first-order valence-electron chi connectivity index (χ1n) is 10.2. The van der Waals surface area contributed by atoms with Crippen molar-refractivity contribution in [1.29, 1.82) is 0 Å². The highest BCUT2D eigenvalue weighted by Crippen LogP contribution is 2.35. The van der Waals surface area contributed by atoms with Crippen LogP contribution in [0.3, 0.4) is 0 Å². The van der Waals surface area contributed by atoms with Gasteiger partial charge in [0, 0.05) is 16.7 Å². The van der Waals surface area contributed by atoms with E-state index in [2.05, 4.69) is 6.58 Å². The smallest absolute Gasteiger partial charge is 0.333 e. The minimum atomic E-state index is -0.479. The average molecular weight is 436 g/mol. The van der Waals surface area contributed by atoms with Crippen molar-refractivity contribution in [2.75, 3.05) is 26.4 Å². The zero-order chi connectivity index (χ0) is 22.9. The van der Waals surface area contributed by atoms with Gasteiger partial charge in [-0.3, -0.25) is 0 Å². The van der Waals surface area contributed by atoms with Gasteiger partial charge in [0.15, 0.2) is 0 Å². The molecule has 0 fully saturated rings. The number of aliphatic hydroxyl groups is 1. The van der Waals surface area contributed by atoms with E-state index in [0.29, 0.717) is 28.2 Å². The summed E-state index contributed by atoms with van der Waals surface area (Å²) in [6.45, 7) is 5.47. The van der Waals surface area contributed by atoms with E-state index in [4.69, 9.17) is 19.3 Å². The Hall–Kier alpha value is -3.64. The van der Waals surface area contributed by atoms with E-state index in [-0.39, 0.29) is 32.2 Å². The van der Waals surface area contributed by atoms with E-state index in [1.165, 1.54) is 6.07 Å². The third-order valence-electron chi connectivity index (χ3n) is 4.61. The van der Waals surface area contributed by atoms with Crippen LogP contribution in [0.15, 0.2) is 78.9 Å². The van der Waals surface area contributed by atoms with Crippen LogP contribution in [0.1, 0.15) is 6.92 Å². The van der Waals surface area contributed by atoms with Crippen molar-refractivity contribution in [3.63, 3.8) is 0 Å². The average Bonchev–Trinajstić information content (AvgIpc) is 2.81. The molecule has 0 radical (unpaired) electrons. The highest BCUT2D eigenvalue weighted by atomic mass is 19.1. The van der Waals surface area contributed by atoms with Crippen molar-refractivity contribution in [2.45, 2.75) is 6.92 Å². The van der Waals surface area contributed by atoms with E-state index in [1.54, 1.807) is 43.3 Å². The first kappa shape index (κ1) is 23.0. The van der Waals surface area contributed by atoms with Gasteiger partial charge in [0.25, 0.3) is 0 Å². The SMILES string of the molecule is C=C(C)C(=O)OCCOc1cc(-c2ccccc2F)ccc1-c1ccc(OCCO)cc1. The van der Waals surface area contributed by atoms with Gasteiger partial charge in [0.05, 0.1) is 6.61 Å². The van der Waals surface area contributed by atoms with Gasteiger partial charge in [0.2, 0.25) is 0 Å². The first-order chi connectivity index (χ1) is 15.5. The first-order valence-corrected chi connectivity index (χ1v) is 10.2. The number of aliphatic hydroxyl groups excluding tert-OH is 1. The van der Waals surface area contributed by atoms with Crippen molar-refractivity contribution in [3.05, 3.63) is 84.7 Å². The maximum Gasteiger partial charge on any atom is 0.333 e. The van der Waals surface area contributed by atoms with Crippen LogP contribution in [0, 0.1) is 5.82 Å². The van der Waals surface area contributed by atoms with Gasteiger partial charge in [-0.05, 0) is 42.3 Å². The molecule has 0 aliphatic carbocycles. The lowest BCUT2D eigenvalue weighted by Gasteiger charge is -2.15. The minimum absolute atomic E-state index is 0.0585. The second-order valence-electron chi connectivity index (χ2n) is 7.05. The van der Waals surface area contributed by atoms with Gasteiger partial charge in [0.1, 0.15) is 37.1 Å². The lowest BCUT2D eigenvalue weighted by atomic mass is 9.98. The number of benzene rings is 3. The fourth-order valence-electron chi connectivity index (χ4n) is 3.05. The summed E-state index contributed by atoms with van der Waals surface area (Å²) in [6.07, 6.45) is 0. The predicted molar refractivity (Wildman–Crippen MR) is 121 cm³/mol. The molecule has 3 aromatic carbocycles. The zero-order valence-corrected chi connectivity index (χ0v) is 17.8. The zero-order valence-electron chi connectivity index (χ0n) is 17.8. The minimum Gasteiger partial charge on any atom is -0.491 e. The number of halogens is 1. The Labute approximate surface area is 186 Å². The van der Waals surface area contributed by atoms with Gasteiger partial charge in [-0.15, -0.1) is 0 Å². The number of hydrogen-bond donors (Lipinski definition) is 1. The molecule has 0 saturated carbocycles. The molecule has 3 rings (SSSR count). The lowest BCUT2D eigenvalue weighted by molar-refractivity contribution is -0.139. The lowest BCUT2D eigenvalue weighted by Crippen LogP contribution is -2.12. The number of rotatable bonds is 10. The van der Waals surface area contributed by atoms with E-state index < -0.39 is 5.97 Å². The van der Waals surface area contributed by atoms with E-state index in [9.17, 15) is 9.18 Å². The molecular weight excluding hydrogens is 411 g/mol. The summed E-state index contributed by atoms with van der Waals surface area (Å²) >= 11 is 0. The van der Waals surface area contributed by atoms with Crippen molar-refractivity contribution in [1.82, 2.24) is 0 Å². The molecule has 0 aromatic heterocycles. The Morgan fingerprint density at radius 1 is 0.906 bits per heavy atom. The van der Waals surface area contributed by atoms with Crippen LogP contribution in [-0.4, -0.2) is 37.5 Å². The third-order valence-corrected chi connectivity index (χ3v) is 4.61. The molecule has 0 unspecified atom stereocenters. The highest BCUT2D eigenvalue weighted by molar-refractivity contribution is 5.86. The topological polar surface area (TPSA) is 65.0 Å². The second-order valence-corrected chi connectivity index (χ2v) is 7.05. The molecule has 0 aliphatic heterocycles. The van der Waals surface area contributed by atoms with Gasteiger partial charge in [-0.25, -0.2) is 9.18 Å². The summed E-state index contributed by atoms with van der Waals surface area (Å²) in [6, 6.07) is 19.3. The van der Waals surface area contributed by atoms with Crippen LogP contribution < -0.4 is 9.47 Å². The Kier molecular flexibility index (Phi) is 8.00. The van der Waals surface area contributed by atoms with Crippen LogP contribution in [0.5, 0.6) is 11.5 Å². The molecule has 0 saturated heterocycles. The van der Waals surface area contributed by atoms with E-state index in [0.717, 1.165) is 11.1 Å². The van der Waals surface area contributed by atoms with Crippen molar-refractivity contribution >= 4 is 5.97 Å². The molecule has 0 amide bonds. The van der Waals surface area contributed by atoms with Crippen LogP contribution in [0.25, 0.3) is 22.3 Å². The molecule has 3 aromatic rings. The molecule has 0 heterocycles. The Morgan fingerprint density at radius 3 is 2.31 bits per heavy atom. The van der Waals surface area contributed by atoms with Gasteiger partial charge in [-0.2, -0.15) is 0 Å². The maximum atomic E-state index is 14.3. The van der Waals surface area contributed by atoms with Crippen molar-refractivity contribution < 1.29 is 28.5 Å². The summed E-state index contributed by atoms with van der Waals surface area (Å²) in [5.41, 5.74) is 3.12. The number of carbonyl (C=O) groups is 1. The van der Waals surface area contributed by atoms with Crippen LogP contribution in [-0.2, 0) is 9.53 Å². The van der Waals surface area contributed by atoms with Gasteiger partial charge in [-0.1, -0.05) is 49.0 Å². The third kappa shape index (κ3) is 5.95. The van der Waals surface area contributed by atoms with Crippen LogP contribution in [0.4, 0.5) is 4.39 Å². The van der Waals surface area contributed by atoms with Gasteiger partial charge < -0.3 is 19.3 Å². The largest absolute Gasteiger partial charge is 0.491 e. The number of hydrogen-bond acceptors (Lipinski definition) is 5. The summed E-state index contributed by atoms with van der Waals surface area (Å²) < 4.78 is 30.7. The standard InChI is InChI=1S/C26H25FO5/c1-18(2)26(29)32-16-15-31-25-17-20(22-5-3-4-6-24(22)27)9-12-23(25)19-7-10-21(11-8-19)30-14-13-28/h3-12,17,28H,1,13-16H2,2H3. The molecule has 6 heteroatoms. The van der Waals surface area contributed by atoms with Crippen LogP contribution in [0.2, 0.25) is 0 Å². The summed E-state index contributed by atoms with van der Waals surface area (Å²) in [5.74, 6) is 0.362. The molecule has 0 spiro atoms. The van der Waals surface area contributed by atoms with E-state index in [1.807, 2.05) is 24.3 Å². The molecule has 0 atom stereocenters. The van der Waals surface area contributed by atoms with Crippen LogP contribution >= 0.6 is 0 Å². The molecular formula is C26H25FO5. The Balaban J connectivity index is 1.87. The molecule has 0 aliphatic rings. The quantitative estimate of drug-likeness (QED) is 0.274. The normalized spacial score (nSPS) is 10.5. The maximum absolute atomic E-state index is 14.3. The number of ether oxygens (including phenoxy) is 3. The number of carbonyl (C=O) groups excluding carboxylic acids is 1. The fraction of sp³-hybridized carbons (Fsp3) is 0.192. The predicted octanol–water partition coefficient (Wildman–Crippen LogP) is 5.03. The molecule has 32 heavy (non-hydrogen) atoms. The summed E-state index contributed by atoms with van der Waals surface area (Å²) in [4.78, 5) is 11.6. The van der Waals surface area contributed by atoms with Crippen molar-refractivity contribution in [2.24, 2.45) is 0 Å². The fourth-order valence-corrected chi connectivity index (χ4v) is 3.05. The monoisotopic (exact) mass is 436 g/mol. The summed E-state index contributed by atoms with van der Waals surface area (Å²) in [5, 5.41) is 8.90. The molecule has 166 valence electrons. The van der Waals surface area contributed by atoms with Crippen molar-refractivity contribution in [3.8, 4) is 33.8 Å². The highest BCUT2D eigenvalue weighted by Gasteiger charge is 2.12. The Bertz CT molecular complexity index is 1080. The molecule has 1 N–H and O–H groups in total. The summed E-state index contributed by atoms with van der Waals surface area (Å²) in [7, 11) is 0. The Morgan fingerprint density at radius 2 is 1.62 bits per heavy atom. The molecule has 5 nitrogen and oxygen atoms in total.